The summed E-state index contributed by atoms with van der Waals surface area (Å²) in [6, 6.07) is 10.2. The molecule has 2 bridgehead atoms. The second-order valence-electron chi connectivity index (χ2n) is 5.51. The van der Waals surface area contributed by atoms with E-state index in [4.69, 9.17) is 18.9 Å². The van der Waals surface area contributed by atoms with Crippen LogP contribution in [0.5, 0.6) is 0 Å². The van der Waals surface area contributed by atoms with E-state index in [9.17, 15) is 0 Å². The molecule has 2 fully saturated rings. The van der Waals surface area contributed by atoms with E-state index in [1.807, 2.05) is 18.2 Å². The second kappa shape index (κ2) is 5.82. The zero-order chi connectivity index (χ0) is 14.0. The van der Waals surface area contributed by atoms with Crippen molar-refractivity contribution < 1.29 is 18.9 Å². The lowest BCUT2D eigenvalue weighted by Crippen LogP contribution is -2.53. The topological polar surface area (TPSA) is 36.9 Å². The molecule has 2 aliphatic heterocycles. The normalized spacial score (nSPS) is 36.2. The van der Waals surface area contributed by atoms with Gasteiger partial charge in [0, 0.05) is 13.5 Å². The smallest absolute Gasteiger partial charge is 0.184 e. The molecule has 4 nitrogen and oxygen atoms in total. The molecule has 0 amide bonds. The molecule has 0 aromatic heterocycles. The van der Waals surface area contributed by atoms with E-state index < -0.39 is 0 Å². The van der Waals surface area contributed by atoms with E-state index in [2.05, 4.69) is 19.1 Å². The van der Waals surface area contributed by atoms with Gasteiger partial charge in [-0.3, -0.25) is 0 Å². The summed E-state index contributed by atoms with van der Waals surface area (Å²) >= 11 is 0. The first-order valence-electron chi connectivity index (χ1n) is 7.25. The Morgan fingerprint density at radius 3 is 2.80 bits per heavy atom. The fourth-order valence-electron chi connectivity index (χ4n) is 3.02. The predicted molar refractivity (Wildman–Crippen MR) is 74.3 cm³/mol. The number of ether oxygens (including phenoxy) is 4. The number of benzene rings is 1. The molecule has 0 radical (unpaired) electrons. The lowest BCUT2D eigenvalue weighted by Gasteiger charge is -2.41. The highest BCUT2D eigenvalue weighted by Gasteiger charge is 2.54. The molecule has 2 heterocycles. The minimum atomic E-state index is -0.311. The summed E-state index contributed by atoms with van der Waals surface area (Å²) in [5, 5.41) is 0. The van der Waals surface area contributed by atoms with Gasteiger partial charge in [-0.25, -0.2) is 0 Å². The van der Waals surface area contributed by atoms with Crippen molar-refractivity contribution in [2.24, 2.45) is 0 Å². The highest BCUT2D eigenvalue weighted by Crippen LogP contribution is 2.41. The lowest BCUT2D eigenvalue weighted by atomic mass is 9.88. The molecule has 2 saturated heterocycles. The third kappa shape index (κ3) is 2.49. The zero-order valence-corrected chi connectivity index (χ0v) is 12.1. The van der Waals surface area contributed by atoms with Crippen molar-refractivity contribution >= 4 is 0 Å². The summed E-state index contributed by atoms with van der Waals surface area (Å²) < 4.78 is 23.4. The number of hydrogen-bond donors (Lipinski definition) is 0. The quantitative estimate of drug-likeness (QED) is 0.829. The standard InChI is InChI=1S/C16H22O4/c1-3-16-11-19-15(20-16)13(17-2)9-14(16)18-10-12-7-5-4-6-8-12/h4-8,13-15H,3,9-11H2,1-2H3/t13-,14+,15?,16-/m1/s1. The van der Waals surface area contributed by atoms with Gasteiger partial charge in [-0.05, 0) is 12.0 Å². The summed E-state index contributed by atoms with van der Waals surface area (Å²) in [6.45, 7) is 3.31. The van der Waals surface area contributed by atoms with Crippen molar-refractivity contribution in [1.82, 2.24) is 0 Å². The summed E-state index contributed by atoms with van der Waals surface area (Å²) in [5.74, 6) is 0. The highest BCUT2D eigenvalue weighted by atomic mass is 16.8. The van der Waals surface area contributed by atoms with Crippen molar-refractivity contribution in [3.8, 4) is 0 Å². The van der Waals surface area contributed by atoms with Gasteiger partial charge in [0.25, 0.3) is 0 Å². The average Bonchev–Trinajstić information content (AvgIpc) is 2.89. The third-order valence-electron chi connectivity index (χ3n) is 4.37. The monoisotopic (exact) mass is 278 g/mol. The Morgan fingerprint density at radius 2 is 2.10 bits per heavy atom. The van der Waals surface area contributed by atoms with Crippen LogP contribution in [0.15, 0.2) is 30.3 Å². The maximum absolute atomic E-state index is 6.14. The molecule has 3 rings (SSSR count). The first-order valence-corrected chi connectivity index (χ1v) is 7.25. The van der Waals surface area contributed by atoms with Crippen LogP contribution < -0.4 is 0 Å². The first-order chi connectivity index (χ1) is 9.77. The van der Waals surface area contributed by atoms with E-state index in [1.165, 1.54) is 5.56 Å². The van der Waals surface area contributed by atoms with Crippen LogP contribution in [0.2, 0.25) is 0 Å². The maximum Gasteiger partial charge on any atom is 0.184 e. The minimum absolute atomic E-state index is 0.0106. The van der Waals surface area contributed by atoms with E-state index in [0.717, 1.165) is 12.8 Å². The van der Waals surface area contributed by atoms with Gasteiger partial charge in [-0.2, -0.15) is 0 Å². The summed E-state index contributed by atoms with van der Waals surface area (Å²) in [4.78, 5) is 0. The number of rotatable bonds is 5. The fourth-order valence-corrected chi connectivity index (χ4v) is 3.02. The second-order valence-corrected chi connectivity index (χ2v) is 5.51. The van der Waals surface area contributed by atoms with Gasteiger partial charge in [-0.15, -0.1) is 0 Å². The third-order valence-corrected chi connectivity index (χ3v) is 4.37. The van der Waals surface area contributed by atoms with Crippen LogP contribution in [0.3, 0.4) is 0 Å². The van der Waals surface area contributed by atoms with E-state index in [1.54, 1.807) is 7.11 Å². The van der Waals surface area contributed by atoms with E-state index in [-0.39, 0.29) is 24.1 Å². The van der Waals surface area contributed by atoms with E-state index >= 15 is 0 Å². The molecule has 0 aliphatic carbocycles. The van der Waals surface area contributed by atoms with Crippen molar-refractivity contribution in [2.45, 2.75) is 50.5 Å². The minimum Gasteiger partial charge on any atom is -0.376 e. The Hall–Kier alpha value is -0.940. The fraction of sp³-hybridized carbons (Fsp3) is 0.625. The molecule has 110 valence electrons. The Morgan fingerprint density at radius 1 is 1.30 bits per heavy atom. The molecule has 0 spiro atoms. The number of fused-ring (bicyclic) bond motifs is 2. The Labute approximate surface area is 120 Å². The lowest BCUT2D eigenvalue weighted by molar-refractivity contribution is -0.235. The molecule has 20 heavy (non-hydrogen) atoms. The van der Waals surface area contributed by atoms with Crippen molar-refractivity contribution in [2.75, 3.05) is 13.7 Å². The van der Waals surface area contributed by atoms with Crippen molar-refractivity contribution in [3.05, 3.63) is 35.9 Å². The Balaban J connectivity index is 1.69. The molecule has 0 N–H and O–H groups in total. The van der Waals surface area contributed by atoms with Crippen molar-refractivity contribution in [3.63, 3.8) is 0 Å². The van der Waals surface area contributed by atoms with Gasteiger partial charge in [0.05, 0.1) is 19.3 Å². The van der Waals surface area contributed by atoms with Crippen LogP contribution in [0, 0.1) is 0 Å². The maximum atomic E-state index is 6.14. The first kappa shape index (κ1) is 14.0. The Bertz CT molecular complexity index is 435. The van der Waals surface area contributed by atoms with Crippen LogP contribution in [0.4, 0.5) is 0 Å². The van der Waals surface area contributed by atoms with Crippen molar-refractivity contribution in [1.29, 1.82) is 0 Å². The molecular weight excluding hydrogens is 256 g/mol. The largest absolute Gasteiger partial charge is 0.376 e. The van der Waals surface area contributed by atoms with Crippen LogP contribution in [0.25, 0.3) is 0 Å². The van der Waals surface area contributed by atoms with Crippen LogP contribution >= 0.6 is 0 Å². The molecule has 1 aromatic rings. The van der Waals surface area contributed by atoms with Gasteiger partial charge in [0.2, 0.25) is 0 Å². The molecule has 2 aliphatic rings. The van der Waals surface area contributed by atoms with Gasteiger partial charge in [-0.1, -0.05) is 37.3 Å². The molecule has 4 heteroatoms. The average molecular weight is 278 g/mol. The molecule has 4 atom stereocenters. The van der Waals surface area contributed by atoms with Crippen LogP contribution in [-0.4, -0.2) is 37.8 Å². The number of hydrogen-bond acceptors (Lipinski definition) is 4. The number of methoxy groups -OCH3 is 1. The van der Waals surface area contributed by atoms with Crippen LogP contribution in [-0.2, 0) is 25.6 Å². The highest BCUT2D eigenvalue weighted by molar-refractivity contribution is 5.13. The molecule has 0 saturated carbocycles. The van der Waals surface area contributed by atoms with Gasteiger partial charge >= 0.3 is 0 Å². The predicted octanol–water partition coefficient (Wildman–Crippen LogP) is 2.51. The summed E-state index contributed by atoms with van der Waals surface area (Å²) in [7, 11) is 1.70. The van der Waals surface area contributed by atoms with E-state index in [0.29, 0.717) is 13.2 Å². The Kier molecular flexibility index (Phi) is 4.08. The van der Waals surface area contributed by atoms with Gasteiger partial charge in [0.1, 0.15) is 11.7 Å². The SMILES string of the molecule is CC[C@]12COC(O1)[C@H](OC)C[C@@H]2OCc1ccccc1. The summed E-state index contributed by atoms with van der Waals surface area (Å²) in [5.41, 5.74) is 0.864. The van der Waals surface area contributed by atoms with Gasteiger partial charge in [0.15, 0.2) is 6.29 Å². The van der Waals surface area contributed by atoms with Gasteiger partial charge < -0.3 is 18.9 Å². The summed E-state index contributed by atoms with van der Waals surface area (Å²) in [6.07, 6.45) is 1.44. The molecule has 1 unspecified atom stereocenters. The van der Waals surface area contributed by atoms with Crippen LogP contribution in [0.1, 0.15) is 25.3 Å². The molecule has 1 aromatic carbocycles. The molecular formula is C16H22O4. The zero-order valence-electron chi connectivity index (χ0n) is 12.1.